The molecule has 2 aromatic carbocycles. The minimum Gasteiger partial charge on any atom is -0.380 e. The Morgan fingerprint density at radius 1 is 1.22 bits per heavy atom. The lowest BCUT2D eigenvalue weighted by Crippen LogP contribution is -2.03. The molecule has 0 aliphatic carbocycles. The molecule has 0 unspecified atom stereocenters. The van der Waals surface area contributed by atoms with Crippen LogP contribution in [0.3, 0.4) is 0 Å². The number of nitrogens with one attached hydrogen (secondary N) is 1. The Balaban J connectivity index is 2.16. The SMILES string of the molecule is Cc1ccc(NCc2ccccc2F)c(C#N)c1. The van der Waals surface area contributed by atoms with Crippen LogP contribution in [0, 0.1) is 24.1 Å². The first-order chi connectivity index (χ1) is 8.70. The number of halogens is 1. The van der Waals surface area contributed by atoms with E-state index >= 15 is 0 Å². The summed E-state index contributed by atoms with van der Waals surface area (Å²) in [5.74, 6) is -0.240. The second-order valence-electron chi connectivity index (χ2n) is 4.11. The van der Waals surface area contributed by atoms with Crippen LogP contribution in [0.1, 0.15) is 16.7 Å². The van der Waals surface area contributed by atoms with Crippen LogP contribution in [0.5, 0.6) is 0 Å². The van der Waals surface area contributed by atoms with Gasteiger partial charge in [-0.1, -0.05) is 24.3 Å². The van der Waals surface area contributed by atoms with Crippen molar-refractivity contribution in [2.45, 2.75) is 13.5 Å². The van der Waals surface area contributed by atoms with Gasteiger partial charge in [-0.3, -0.25) is 0 Å². The standard InChI is InChI=1S/C15H13FN2/c1-11-6-7-15(13(8-11)9-17)18-10-12-4-2-3-5-14(12)16/h2-8,18H,10H2,1H3. The first kappa shape index (κ1) is 12.1. The summed E-state index contributed by atoms with van der Waals surface area (Å²) in [6, 6.07) is 14.3. The van der Waals surface area contributed by atoms with Crippen LogP contribution in [0.4, 0.5) is 10.1 Å². The maximum atomic E-state index is 13.4. The molecule has 2 aromatic rings. The van der Waals surface area contributed by atoms with Gasteiger partial charge < -0.3 is 5.32 Å². The number of benzene rings is 2. The summed E-state index contributed by atoms with van der Waals surface area (Å²) in [6.07, 6.45) is 0. The Kier molecular flexibility index (Phi) is 3.59. The maximum Gasteiger partial charge on any atom is 0.128 e. The Bertz CT molecular complexity index is 600. The summed E-state index contributed by atoms with van der Waals surface area (Å²) in [4.78, 5) is 0. The zero-order chi connectivity index (χ0) is 13.0. The largest absolute Gasteiger partial charge is 0.380 e. The van der Waals surface area contributed by atoms with Gasteiger partial charge in [0.1, 0.15) is 11.9 Å². The molecule has 18 heavy (non-hydrogen) atoms. The van der Waals surface area contributed by atoms with Crippen LogP contribution in [0.25, 0.3) is 0 Å². The van der Waals surface area contributed by atoms with Gasteiger partial charge in [-0.25, -0.2) is 4.39 Å². The average Bonchev–Trinajstić information content (AvgIpc) is 2.39. The van der Waals surface area contributed by atoms with Gasteiger partial charge in [-0.2, -0.15) is 5.26 Å². The molecule has 0 radical (unpaired) electrons. The van der Waals surface area contributed by atoms with Crippen LogP contribution in [0.2, 0.25) is 0 Å². The second kappa shape index (κ2) is 5.33. The van der Waals surface area contributed by atoms with E-state index in [1.54, 1.807) is 18.2 Å². The topological polar surface area (TPSA) is 35.8 Å². The molecular weight excluding hydrogens is 227 g/mol. The molecule has 1 N–H and O–H groups in total. The lowest BCUT2D eigenvalue weighted by Gasteiger charge is -2.09. The quantitative estimate of drug-likeness (QED) is 0.889. The minimum atomic E-state index is -0.240. The highest BCUT2D eigenvalue weighted by atomic mass is 19.1. The molecule has 0 saturated heterocycles. The summed E-state index contributed by atoms with van der Waals surface area (Å²) >= 11 is 0. The molecule has 0 atom stereocenters. The highest BCUT2D eigenvalue weighted by Crippen LogP contribution is 2.18. The van der Waals surface area contributed by atoms with Crippen LogP contribution in [0.15, 0.2) is 42.5 Å². The highest BCUT2D eigenvalue weighted by Gasteiger charge is 2.04. The number of rotatable bonds is 3. The lowest BCUT2D eigenvalue weighted by atomic mass is 10.1. The number of aryl methyl sites for hydroxylation is 1. The predicted molar refractivity (Wildman–Crippen MR) is 69.6 cm³/mol. The van der Waals surface area contributed by atoms with Crippen LogP contribution in [-0.2, 0) is 6.54 Å². The van der Waals surface area contributed by atoms with Crippen molar-refractivity contribution in [3.05, 3.63) is 65.0 Å². The zero-order valence-corrected chi connectivity index (χ0v) is 10.1. The van der Waals surface area contributed by atoms with Gasteiger partial charge in [-0.05, 0) is 30.7 Å². The van der Waals surface area contributed by atoms with E-state index in [-0.39, 0.29) is 5.82 Å². The monoisotopic (exact) mass is 240 g/mol. The van der Waals surface area contributed by atoms with Crippen molar-refractivity contribution in [2.75, 3.05) is 5.32 Å². The minimum absolute atomic E-state index is 0.240. The number of anilines is 1. The van der Waals surface area contributed by atoms with Gasteiger partial charge in [-0.15, -0.1) is 0 Å². The number of nitrogens with zero attached hydrogens (tertiary/aromatic N) is 1. The number of nitriles is 1. The third-order valence-electron chi connectivity index (χ3n) is 2.72. The zero-order valence-electron chi connectivity index (χ0n) is 10.1. The molecule has 2 rings (SSSR count). The molecule has 90 valence electrons. The first-order valence-corrected chi connectivity index (χ1v) is 5.69. The van der Waals surface area contributed by atoms with E-state index in [1.807, 2.05) is 25.1 Å². The van der Waals surface area contributed by atoms with Crippen molar-refractivity contribution >= 4 is 5.69 Å². The average molecular weight is 240 g/mol. The van der Waals surface area contributed by atoms with E-state index in [1.165, 1.54) is 6.07 Å². The molecule has 0 aliphatic rings. The number of hydrogen-bond donors (Lipinski definition) is 1. The second-order valence-corrected chi connectivity index (χ2v) is 4.11. The molecule has 0 saturated carbocycles. The Morgan fingerprint density at radius 2 is 2.00 bits per heavy atom. The van der Waals surface area contributed by atoms with Gasteiger partial charge in [0.25, 0.3) is 0 Å². The van der Waals surface area contributed by atoms with Crippen molar-refractivity contribution < 1.29 is 4.39 Å². The van der Waals surface area contributed by atoms with E-state index in [4.69, 9.17) is 5.26 Å². The van der Waals surface area contributed by atoms with Gasteiger partial charge in [0.2, 0.25) is 0 Å². The van der Waals surface area contributed by atoms with Gasteiger partial charge in [0.15, 0.2) is 0 Å². The van der Waals surface area contributed by atoms with Gasteiger partial charge in [0, 0.05) is 12.1 Å². The molecular formula is C15H13FN2. The highest BCUT2D eigenvalue weighted by molar-refractivity contribution is 5.58. The summed E-state index contributed by atoms with van der Waals surface area (Å²) in [5.41, 5.74) is 2.92. The van der Waals surface area contributed by atoms with Crippen molar-refractivity contribution in [1.29, 1.82) is 5.26 Å². The normalized spacial score (nSPS) is 9.83. The fraction of sp³-hybridized carbons (Fsp3) is 0.133. The summed E-state index contributed by atoms with van der Waals surface area (Å²) in [5, 5.41) is 12.1. The van der Waals surface area contributed by atoms with Crippen molar-refractivity contribution in [2.24, 2.45) is 0 Å². The van der Waals surface area contributed by atoms with E-state index in [2.05, 4.69) is 11.4 Å². The Morgan fingerprint density at radius 3 is 2.72 bits per heavy atom. The molecule has 0 bridgehead atoms. The van der Waals surface area contributed by atoms with Crippen molar-refractivity contribution in [3.8, 4) is 6.07 Å². The van der Waals surface area contributed by atoms with E-state index in [0.29, 0.717) is 17.7 Å². The van der Waals surface area contributed by atoms with Crippen LogP contribution in [-0.4, -0.2) is 0 Å². The molecule has 0 amide bonds. The van der Waals surface area contributed by atoms with Crippen molar-refractivity contribution in [1.82, 2.24) is 0 Å². The van der Waals surface area contributed by atoms with E-state index in [0.717, 1.165) is 11.3 Å². The molecule has 0 aliphatic heterocycles. The summed E-state index contributed by atoms with van der Waals surface area (Å²) in [7, 11) is 0. The molecule has 0 aromatic heterocycles. The van der Waals surface area contributed by atoms with E-state index < -0.39 is 0 Å². The Hall–Kier alpha value is -2.34. The fourth-order valence-corrected chi connectivity index (χ4v) is 1.74. The predicted octanol–water partition coefficient (Wildman–Crippen LogP) is 3.62. The molecule has 0 fully saturated rings. The van der Waals surface area contributed by atoms with Crippen LogP contribution >= 0.6 is 0 Å². The maximum absolute atomic E-state index is 13.4. The molecule has 0 heterocycles. The van der Waals surface area contributed by atoms with E-state index in [9.17, 15) is 4.39 Å². The Labute approximate surface area is 106 Å². The molecule has 0 spiro atoms. The van der Waals surface area contributed by atoms with Crippen molar-refractivity contribution in [3.63, 3.8) is 0 Å². The first-order valence-electron chi connectivity index (χ1n) is 5.69. The van der Waals surface area contributed by atoms with Crippen LogP contribution < -0.4 is 5.32 Å². The third kappa shape index (κ3) is 2.67. The summed E-state index contributed by atoms with van der Waals surface area (Å²) in [6.45, 7) is 2.30. The number of hydrogen-bond acceptors (Lipinski definition) is 2. The molecule has 3 heteroatoms. The smallest absolute Gasteiger partial charge is 0.128 e. The molecule has 2 nitrogen and oxygen atoms in total. The summed E-state index contributed by atoms with van der Waals surface area (Å²) < 4.78 is 13.4. The third-order valence-corrected chi connectivity index (χ3v) is 2.72. The fourth-order valence-electron chi connectivity index (χ4n) is 1.74. The van der Waals surface area contributed by atoms with Gasteiger partial charge in [0.05, 0.1) is 11.3 Å². The van der Waals surface area contributed by atoms with Gasteiger partial charge >= 0.3 is 0 Å². The lowest BCUT2D eigenvalue weighted by molar-refractivity contribution is 0.613.